The first kappa shape index (κ1) is 10.8. The van der Waals surface area contributed by atoms with Gasteiger partial charge in [-0.2, -0.15) is 0 Å². The molecule has 0 atom stereocenters. The Balaban J connectivity index is 2.11. The predicted molar refractivity (Wildman–Crippen MR) is 72.8 cm³/mol. The third-order valence-corrected chi connectivity index (χ3v) is 3.17. The van der Waals surface area contributed by atoms with Gasteiger partial charge in [0.25, 0.3) is 5.56 Å². The van der Waals surface area contributed by atoms with Gasteiger partial charge in [0.05, 0.1) is 17.4 Å². The molecular weight excluding hydrogens is 224 g/mol. The predicted octanol–water partition coefficient (Wildman–Crippen LogP) is 2.69. The molecule has 0 spiro atoms. The van der Waals surface area contributed by atoms with Crippen molar-refractivity contribution in [2.45, 2.75) is 13.5 Å². The molecule has 1 N–H and O–H groups in total. The molecule has 0 aliphatic heterocycles. The highest BCUT2D eigenvalue weighted by Crippen LogP contribution is 2.12. The number of rotatable bonds is 2. The molecule has 0 saturated carbocycles. The molecule has 3 nitrogen and oxygen atoms in total. The fourth-order valence-electron chi connectivity index (χ4n) is 2.25. The van der Waals surface area contributed by atoms with Gasteiger partial charge < -0.3 is 0 Å². The van der Waals surface area contributed by atoms with Gasteiger partial charge in [0.1, 0.15) is 0 Å². The second-order valence-electron chi connectivity index (χ2n) is 4.49. The molecule has 1 heterocycles. The number of nitrogens with zero attached hydrogens (tertiary/aromatic N) is 1. The van der Waals surface area contributed by atoms with Gasteiger partial charge in [-0.25, -0.2) is 4.68 Å². The van der Waals surface area contributed by atoms with Crippen LogP contribution in [0.3, 0.4) is 0 Å². The van der Waals surface area contributed by atoms with Gasteiger partial charge in [-0.15, -0.1) is 0 Å². The summed E-state index contributed by atoms with van der Waals surface area (Å²) in [6, 6.07) is 15.8. The summed E-state index contributed by atoms with van der Waals surface area (Å²) < 4.78 is 1.66. The van der Waals surface area contributed by atoms with Gasteiger partial charge in [-0.05, 0) is 24.1 Å². The third kappa shape index (κ3) is 1.74. The molecule has 0 amide bonds. The monoisotopic (exact) mass is 238 g/mol. The van der Waals surface area contributed by atoms with Crippen LogP contribution in [-0.4, -0.2) is 9.78 Å². The van der Waals surface area contributed by atoms with Crippen LogP contribution >= 0.6 is 0 Å². The lowest BCUT2D eigenvalue weighted by Gasteiger charge is -2.00. The van der Waals surface area contributed by atoms with Crippen LogP contribution < -0.4 is 5.56 Å². The van der Waals surface area contributed by atoms with Gasteiger partial charge >= 0.3 is 0 Å². The number of H-pyrrole nitrogens is 1. The lowest BCUT2D eigenvalue weighted by atomic mass is 10.1. The van der Waals surface area contributed by atoms with Gasteiger partial charge in [0.15, 0.2) is 0 Å². The number of aryl methyl sites for hydroxylation is 1. The average Bonchev–Trinajstić information content (AvgIpc) is 2.69. The van der Waals surface area contributed by atoms with Crippen LogP contribution in [0.15, 0.2) is 53.3 Å². The molecule has 2 aromatic carbocycles. The maximum Gasteiger partial charge on any atom is 0.274 e. The van der Waals surface area contributed by atoms with E-state index >= 15 is 0 Å². The molecule has 3 aromatic rings. The van der Waals surface area contributed by atoms with Crippen LogP contribution in [-0.2, 0) is 6.54 Å². The Morgan fingerprint density at radius 3 is 2.56 bits per heavy atom. The van der Waals surface area contributed by atoms with Crippen LogP contribution in [0.1, 0.15) is 11.1 Å². The molecule has 1 aromatic heterocycles. The van der Waals surface area contributed by atoms with Crippen LogP contribution in [0.2, 0.25) is 0 Å². The van der Waals surface area contributed by atoms with Crippen molar-refractivity contribution in [1.82, 2.24) is 9.78 Å². The molecule has 0 radical (unpaired) electrons. The highest BCUT2D eigenvalue weighted by Gasteiger charge is 2.08. The maximum atomic E-state index is 12.3. The minimum atomic E-state index is 0.0481. The Bertz CT molecular complexity index is 738. The first-order chi connectivity index (χ1) is 8.75. The van der Waals surface area contributed by atoms with Crippen molar-refractivity contribution in [3.63, 3.8) is 0 Å². The summed E-state index contributed by atoms with van der Waals surface area (Å²) in [4.78, 5) is 12.3. The van der Waals surface area contributed by atoms with Crippen molar-refractivity contribution in [1.29, 1.82) is 0 Å². The molecule has 0 bridgehead atoms. The van der Waals surface area contributed by atoms with Crippen LogP contribution in [0.25, 0.3) is 10.9 Å². The smallest absolute Gasteiger partial charge is 0.274 e. The number of benzene rings is 2. The number of fused-ring (bicyclic) bond motifs is 1. The number of aromatic nitrogens is 2. The van der Waals surface area contributed by atoms with E-state index < -0.39 is 0 Å². The largest absolute Gasteiger partial charge is 0.295 e. The summed E-state index contributed by atoms with van der Waals surface area (Å²) in [5, 5.41) is 3.94. The van der Waals surface area contributed by atoms with E-state index in [2.05, 4.69) is 5.10 Å². The Morgan fingerprint density at radius 1 is 1.06 bits per heavy atom. The molecule has 18 heavy (non-hydrogen) atoms. The van der Waals surface area contributed by atoms with Crippen molar-refractivity contribution >= 4 is 10.9 Å². The normalized spacial score (nSPS) is 10.9. The summed E-state index contributed by atoms with van der Waals surface area (Å²) in [5.41, 5.74) is 3.08. The van der Waals surface area contributed by atoms with Gasteiger partial charge in [0.2, 0.25) is 0 Å². The minimum absolute atomic E-state index is 0.0481. The minimum Gasteiger partial charge on any atom is -0.295 e. The summed E-state index contributed by atoms with van der Waals surface area (Å²) >= 11 is 0. The second kappa shape index (κ2) is 4.18. The Morgan fingerprint density at radius 2 is 1.83 bits per heavy atom. The molecule has 0 fully saturated rings. The number of aromatic amines is 1. The van der Waals surface area contributed by atoms with E-state index in [4.69, 9.17) is 0 Å². The van der Waals surface area contributed by atoms with Crippen LogP contribution in [0, 0.1) is 6.92 Å². The van der Waals surface area contributed by atoms with Crippen molar-refractivity contribution in [2.24, 2.45) is 0 Å². The first-order valence-corrected chi connectivity index (χ1v) is 5.98. The van der Waals surface area contributed by atoms with Gasteiger partial charge in [0, 0.05) is 0 Å². The number of hydrogen-bond donors (Lipinski definition) is 1. The van der Waals surface area contributed by atoms with Crippen molar-refractivity contribution in [3.8, 4) is 0 Å². The topological polar surface area (TPSA) is 37.8 Å². The van der Waals surface area contributed by atoms with Gasteiger partial charge in [-0.3, -0.25) is 9.89 Å². The molecule has 0 saturated heterocycles. The molecule has 0 aliphatic carbocycles. The second-order valence-corrected chi connectivity index (χ2v) is 4.49. The summed E-state index contributed by atoms with van der Waals surface area (Å²) in [6.07, 6.45) is 0. The zero-order valence-corrected chi connectivity index (χ0v) is 10.2. The standard InChI is InChI=1S/C15H14N2O/c1-11-6-5-9-13-14(11)15(18)17(16-13)10-12-7-3-2-4-8-12/h2-9,16H,10H2,1H3. The van der Waals surface area contributed by atoms with E-state index in [1.165, 1.54) is 0 Å². The SMILES string of the molecule is Cc1cccc2[nH]n(Cc3ccccc3)c(=O)c12. The molecule has 0 unspecified atom stereocenters. The fraction of sp³-hybridized carbons (Fsp3) is 0.133. The summed E-state index contributed by atoms with van der Waals surface area (Å²) in [5.74, 6) is 0. The highest BCUT2D eigenvalue weighted by molar-refractivity contribution is 5.81. The van der Waals surface area contributed by atoms with Crippen LogP contribution in [0.5, 0.6) is 0 Å². The molecular formula is C15H14N2O. The summed E-state index contributed by atoms with van der Waals surface area (Å²) in [6.45, 7) is 2.54. The first-order valence-electron chi connectivity index (χ1n) is 5.98. The number of nitrogens with one attached hydrogen (secondary N) is 1. The van der Waals surface area contributed by atoms with E-state index in [1.54, 1.807) is 4.68 Å². The Kier molecular flexibility index (Phi) is 2.52. The van der Waals surface area contributed by atoms with E-state index in [0.717, 1.165) is 22.0 Å². The van der Waals surface area contributed by atoms with Crippen molar-refractivity contribution < 1.29 is 0 Å². The highest BCUT2D eigenvalue weighted by atomic mass is 16.1. The lowest BCUT2D eigenvalue weighted by molar-refractivity contribution is 0.672. The van der Waals surface area contributed by atoms with E-state index in [-0.39, 0.29) is 5.56 Å². The van der Waals surface area contributed by atoms with E-state index in [0.29, 0.717) is 6.54 Å². The fourth-order valence-corrected chi connectivity index (χ4v) is 2.25. The number of hydrogen-bond acceptors (Lipinski definition) is 1. The van der Waals surface area contributed by atoms with Crippen LogP contribution in [0.4, 0.5) is 0 Å². The Labute approximate surface area is 105 Å². The van der Waals surface area contributed by atoms with Gasteiger partial charge in [-0.1, -0.05) is 42.5 Å². The zero-order chi connectivity index (χ0) is 12.5. The molecule has 90 valence electrons. The van der Waals surface area contributed by atoms with E-state index in [1.807, 2.05) is 55.5 Å². The zero-order valence-electron chi connectivity index (χ0n) is 10.2. The van der Waals surface area contributed by atoms with Crippen molar-refractivity contribution in [3.05, 3.63) is 70.0 Å². The summed E-state index contributed by atoms with van der Waals surface area (Å²) in [7, 11) is 0. The van der Waals surface area contributed by atoms with Crippen molar-refractivity contribution in [2.75, 3.05) is 0 Å². The quantitative estimate of drug-likeness (QED) is 0.732. The molecule has 3 heteroatoms. The lowest BCUT2D eigenvalue weighted by Crippen LogP contribution is -2.17. The Hall–Kier alpha value is -2.29. The van der Waals surface area contributed by atoms with E-state index in [9.17, 15) is 4.79 Å². The average molecular weight is 238 g/mol. The molecule has 0 aliphatic rings. The molecule has 3 rings (SSSR count). The maximum absolute atomic E-state index is 12.3. The third-order valence-electron chi connectivity index (χ3n) is 3.17.